The van der Waals surface area contributed by atoms with E-state index in [-0.39, 0.29) is 6.42 Å². The largest absolute Gasteiger partial charge is 0.357 e. The van der Waals surface area contributed by atoms with Gasteiger partial charge in [-0.05, 0) is 19.3 Å². The lowest BCUT2D eigenvalue weighted by atomic mass is 9.92. The van der Waals surface area contributed by atoms with E-state index in [1.807, 2.05) is 0 Å². The highest BCUT2D eigenvalue weighted by atomic mass is 19.3. The van der Waals surface area contributed by atoms with Crippen LogP contribution in [0.4, 0.5) is 13.2 Å². The van der Waals surface area contributed by atoms with Crippen molar-refractivity contribution in [2.24, 2.45) is 11.8 Å². The summed E-state index contributed by atoms with van der Waals surface area (Å²) in [5.41, 5.74) is 0. The highest BCUT2D eigenvalue weighted by molar-refractivity contribution is 5.07. The van der Waals surface area contributed by atoms with Crippen molar-refractivity contribution in [3.8, 4) is 0 Å². The Morgan fingerprint density at radius 1 is 1.09 bits per heavy atom. The molecule has 4 heteroatoms. The van der Waals surface area contributed by atoms with Crippen LogP contribution in [-0.2, 0) is 0 Å². The van der Waals surface area contributed by atoms with Gasteiger partial charge in [-0.25, -0.2) is 4.39 Å². The second-order valence-electron chi connectivity index (χ2n) is 3.50. The second kappa shape index (κ2) is 1.73. The molecule has 2 aliphatic rings. The summed E-state index contributed by atoms with van der Waals surface area (Å²) in [5.74, 6) is -8.49. The molecular formula is C7H9F3O. The van der Waals surface area contributed by atoms with E-state index in [1.165, 1.54) is 0 Å². The number of alkyl halides is 3. The SMILES string of the molecule is OC1(F)C2CCC(C2)C1(F)F. The summed E-state index contributed by atoms with van der Waals surface area (Å²) in [6, 6.07) is 0. The van der Waals surface area contributed by atoms with Gasteiger partial charge in [-0.3, -0.25) is 0 Å². The van der Waals surface area contributed by atoms with Crippen LogP contribution in [0.5, 0.6) is 0 Å². The van der Waals surface area contributed by atoms with Crippen LogP contribution in [-0.4, -0.2) is 16.9 Å². The first-order valence-corrected chi connectivity index (χ1v) is 3.75. The van der Waals surface area contributed by atoms with Gasteiger partial charge in [0.15, 0.2) is 0 Å². The molecule has 0 amide bonds. The topological polar surface area (TPSA) is 20.2 Å². The molecule has 0 spiro atoms. The van der Waals surface area contributed by atoms with Gasteiger partial charge in [0.25, 0.3) is 5.85 Å². The molecule has 2 bridgehead atoms. The monoisotopic (exact) mass is 166 g/mol. The number of halogens is 3. The number of aliphatic hydroxyl groups is 1. The first-order valence-electron chi connectivity index (χ1n) is 3.75. The maximum absolute atomic E-state index is 12.9. The van der Waals surface area contributed by atoms with Crippen molar-refractivity contribution in [3.63, 3.8) is 0 Å². The molecule has 3 atom stereocenters. The quantitative estimate of drug-likeness (QED) is 0.580. The average Bonchev–Trinajstić information content (AvgIpc) is 2.37. The Balaban J connectivity index is 2.36. The molecule has 2 aliphatic carbocycles. The van der Waals surface area contributed by atoms with E-state index in [0.29, 0.717) is 12.8 Å². The molecule has 1 N–H and O–H groups in total. The standard InChI is InChI=1S/C7H9F3O/c8-6(9)4-1-2-5(3-4)7(6,10)11/h4-5,11H,1-3H2. The molecule has 0 aromatic heterocycles. The van der Waals surface area contributed by atoms with Crippen molar-refractivity contribution in [1.29, 1.82) is 0 Å². The van der Waals surface area contributed by atoms with Gasteiger partial charge in [-0.15, -0.1) is 0 Å². The van der Waals surface area contributed by atoms with E-state index >= 15 is 0 Å². The first kappa shape index (κ1) is 7.40. The summed E-state index contributed by atoms with van der Waals surface area (Å²) >= 11 is 0. The molecule has 0 aromatic rings. The van der Waals surface area contributed by atoms with Crippen LogP contribution in [0.1, 0.15) is 19.3 Å². The van der Waals surface area contributed by atoms with Crippen LogP contribution in [0, 0.1) is 11.8 Å². The zero-order chi connectivity index (χ0) is 8.28. The minimum atomic E-state index is -3.50. The highest BCUT2D eigenvalue weighted by Gasteiger charge is 2.71. The summed E-state index contributed by atoms with van der Waals surface area (Å²) in [7, 11) is 0. The minimum Gasteiger partial charge on any atom is -0.357 e. The first-order chi connectivity index (χ1) is 4.96. The van der Waals surface area contributed by atoms with E-state index < -0.39 is 23.6 Å². The van der Waals surface area contributed by atoms with E-state index in [1.54, 1.807) is 0 Å². The molecule has 11 heavy (non-hydrogen) atoms. The molecule has 0 heterocycles. The predicted molar refractivity (Wildman–Crippen MR) is 31.8 cm³/mol. The van der Waals surface area contributed by atoms with Crippen molar-refractivity contribution >= 4 is 0 Å². The molecule has 64 valence electrons. The number of hydrogen-bond donors (Lipinski definition) is 1. The molecule has 2 saturated carbocycles. The van der Waals surface area contributed by atoms with Crippen LogP contribution in [0.25, 0.3) is 0 Å². The Kier molecular flexibility index (Phi) is 1.17. The number of rotatable bonds is 0. The van der Waals surface area contributed by atoms with Crippen molar-refractivity contribution in [1.82, 2.24) is 0 Å². The molecule has 2 fully saturated rings. The van der Waals surface area contributed by atoms with Crippen LogP contribution in [0.3, 0.4) is 0 Å². The number of hydrogen-bond acceptors (Lipinski definition) is 1. The third-order valence-electron chi connectivity index (χ3n) is 2.95. The van der Waals surface area contributed by atoms with E-state index in [0.717, 1.165) is 0 Å². The lowest BCUT2D eigenvalue weighted by Crippen LogP contribution is -2.48. The Morgan fingerprint density at radius 2 is 1.64 bits per heavy atom. The summed E-state index contributed by atoms with van der Waals surface area (Å²) in [5, 5.41) is 8.80. The van der Waals surface area contributed by atoms with Gasteiger partial charge in [0.1, 0.15) is 0 Å². The molecule has 0 saturated heterocycles. The van der Waals surface area contributed by atoms with Gasteiger partial charge in [0.2, 0.25) is 0 Å². The van der Waals surface area contributed by atoms with E-state index in [9.17, 15) is 13.2 Å². The molecule has 3 unspecified atom stereocenters. The number of fused-ring (bicyclic) bond motifs is 2. The van der Waals surface area contributed by atoms with Crippen molar-refractivity contribution in [2.45, 2.75) is 31.0 Å². The van der Waals surface area contributed by atoms with Crippen LogP contribution in [0.2, 0.25) is 0 Å². The Bertz CT molecular complexity index is 170. The fraction of sp³-hybridized carbons (Fsp3) is 1.00. The second-order valence-corrected chi connectivity index (χ2v) is 3.50. The lowest BCUT2D eigenvalue weighted by Gasteiger charge is -2.32. The Labute approximate surface area is 62.2 Å². The van der Waals surface area contributed by atoms with Gasteiger partial charge >= 0.3 is 5.92 Å². The summed E-state index contributed by atoms with van der Waals surface area (Å²) in [4.78, 5) is 0. The minimum absolute atomic E-state index is 0.139. The maximum Gasteiger partial charge on any atom is 0.308 e. The molecule has 0 radical (unpaired) electrons. The molecule has 0 aromatic carbocycles. The molecule has 1 nitrogen and oxygen atoms in total. The Morgan fingerprint density at radius 3 is 1.91 bits per heavy atom. The van der Waals surface area contributed by atoms with Gasteiger partial charge in [-0.1, -0.05) is 0 Å². The fourth-order valence-electron chi connectivity index (χ4n) is 2.22. The van der Waals surface area contributed by atoms with Crippen molar-refractivity contribution < 1.29 is 18.3 Å². The summed E-state index contributed by atoms with van der Waals surface area (Å²) in [6.07, 6.45) is 0.886. The molecular weight excluding hydrogens is 157 g/mol. The predicted octanol–water partition coefficient (Wildman–Crippen LogP) is 1.71. The van der Waals surface area contributed by atoms with Gasteiger partial charge in [0, 0.05) is 11.8 Å². The van der Waals surface area contributed by atoms with Crippen molar-refractivity contribution in [3.05, 3.63) is 0 Å². The van der Waals surface area contributed by atoms with E-state index in [2.05, 4.69) is 0 Å². The normalized spacial score (nSPS) is 53.5. The summed E-state index contributed by atoms with van der Waals surface area (Å²) in [6.45, 7) is 0. The summed E-state index contributed by atoms with van der Waals surface area (Å²) < 4.78 is 38.5. The van der Waals surface area contributed by atoms with Crippen molar-refractivity contribution in [2.75, 3.05) is 0 Å². The van der Waals surface area contributed by atoms with Gasteiger partial charge < -0.3 is 5.11 Å². The zero-order valence-corrected chi connectivity index (χ0v) is 5.86. The van der Waals surface area contributed by atoms with Gasteiger partial charge in [0.05, 0.1) is 0 Å². The molecule has 0 aliphatic heterocycles. The van der Waals surface area contributed by atoms with Crippen LogP contribution in [0.15, 0.2) is 0 Å². The Hall–Kier alpha value is -0.250. The third-order valence-corrected chi connectivity index (χ3v) is 2.95. The lowest BCUT2D eigenvalue weighted by molar-refractivity contribution is -0.276. The maximum atomic E-state index is 12.9. The third kappa shape index (κ3) is 0.662. The highest BCUT2D eigenvalue weighted by Crippen LogP contribution is 2.60. The van der Waals surface area contributed by atoms with Crippen LogP contribution >= 0.6 is 0 Å². The molecule has 2 rings (SSSR count). The van der Waals surface area contributed by atoms with Gasteiger partial charge in [-0.2, -0.15) is 8.78 Å². The van der Waals surface area contributed by atoms with E-state index in [4.69, 9.17) is 5.11 Å². The average molecular weight is 166 g/mol. The van der Waals surface area contributed by atoms with Crippen LogP contribution < -0.4 is 0 Å². The smallest absolute Gasteiger partial charge is 0.308 e. The fourth-order valence-corrected chi connectivity index (χ4v) is 2.22. The zero-order valence-electron chi connectivity index (χ0n) is 5.86.